The normalized spacial score (nSPS) is 12.9. The molecule has 0 aromatic carbocycles. The Balaban J connectivity index is 2.59. The van der Waals surface area contributed by atoms with Gasteiger partial charge in [0.1, 0.15) is 5.15 Å². The first kappa shape index (κ1) is 12.1. The largest absolute Gasteiger partial charge is 0.395 e. The lowest BCUT2D eigenvalue weighted by molar-refractivity contribution is 0.300. The molecule has 14 heavy (non-hydrogen) atoms. The number of aliphatic hydroxyl groups is 1. The van der Waals surface area contributed by atoms with Gasteiger partial charge in [0.05, 0.1) is 6.61 Å². The standard InChI is InChI=1S/C9H11Cl2NOS/c1-6(4-13)14-5-7-3-12-9(11)2-8(7)10/h2-3,6,13H,4-5H2,1H3. The van der Waals surface area contributed by atoms with E-state index in [0.29, 0.717) is 10.2 Å². The first-order valence-electron chi connectivity index (χ1n) is 4.16. The molecule has 1 N–H and O–H groups in total. The zero-order chi connectivity index (χ0) is 10.6. The summed E-state index contributed by atoms with van der Waals surface area (Å²) in [5.41, 5.74) is 0.946. The summed E-state index contributed by atoms with van der Waals surface area (Å²) in [7, 11) is 0. The van der Waals surface area contributed by atoms with Crippen molar-refractivity contribution in [3.8, 4) is 0 Å². The van der Waals surface area contributed by atoms with Gasteiger partial charge in [0, 0.05) is 22.2 Å². The second-order valence-electron chi connectivity index (χ2n) is 2.90. The van der Waals surface area contributed by atoms with Crippen LogP contribution >= 0.6 is 35.0 Å². The van der Waals surface area contributed by atoms with Gasteiger partial charge in [-0.3, -0.25) is 0 Å². The monoisotopic (exact) mass is 251 g/mol. The van der Waals surface area contributed by atoms with Gasteiger partial charge in [-0.2, -0.15) is 11.8 Å². The summed E-state index contributed by atoms with van der Waals surface area (Å²) in [6.45, 7) is 2.13. The molecular formula is C9H11Cl2NOS. The molecule has 0 spiro atoms. The molecule has 1 rings (SSSR count). The lowest BCUT2D eigenvalue weighted by Gasteiger charge is -2.08. The molecule has 0 bridgehead atoms. The number of thioether (sulfide) groups is 1. The number of hydrogen-bond acceptors (Lipinski definition) is 3. The van der Waals surface area contributed by atoms with Crippen molar-refractivity contribution in [2.75, 3.05) is 6.61 Å². The summed E-state index contributed by atoms with van der Waals surface area (Å²) in [4.78, 5) is 3.95. The van der Waals surface area contributed by atoms with Crippen LogP contribution in [-0.2, 0) is 5.75 Å². The first-order chi connectivity index (χ1) is 6.63. The van der Waals surface area contributed by atoms with Crippen LogP contribution in [0.1, 0.15) is 12.5 Å². The predicted octanol–water partition coefficient (Wildman–Crippen LogP) is 3.00. The van der Waals surface area contributed by atoms with Crippen LogP contribution in [0.4, 0.5) is 0 Å². The highest BCUT2D eigenvalue weighted by molar-refractivity contribution is 7.99. The van der Waals surface area contributed by atoms with Crippen molar-refractivity contribution >= 4 is 35.0 Å². The van der Waals surface area contributed by atoms with E-state index in [0.717, 1.165) is 11.3 Å². The minimum atomic E-state index is 0.170. The number of nitrogens with zero attached hydrogens (tertiary/aromatic N) is 1. The zero-order valence-corrected chi connectivity index (χ0v) is 10.0. The van der Waals surface area contributed by atoms with E-state index in [1.807, 2.05) is 6.92 Å². The van der Waals surface area contributed by atoms with Crippen molar-refractivity contribution in [2.45, 2.75) is 17.9 Å². The Bertz CT molecular complexity index is 309. The average Bonchev–Trinajstić information content (AvgIpc) is 2.16. The zero-order valence-electron chi connectivity index (χ0n) is 7.70. The Labute approximate surface area is 97.6 Å². The molecule has 78 valence electrons. The number of aliphatic hydroxyl groups excluding tert-OH is 1. The molecule has 1 aromatic rings. The van der Waals surface area contributed by atoms with E-state index < -0.39 is 0 Å². The molecule has 0 saturated carbocycles. The molecule has 0 aliphatic heterocycles. The van der Waals surface area contributed by atoms with E-state index in [1.54, 1.807) is 24.0 Å². The Hall–Kier alpha value is 0.0400. The summed E-state index contributed by atoms with van der Waals surface area (Å²) in [6, 6.07) is 1.63. The summed E-state index contributed by atoms with van der Waals surface area (Å²) in [5.74, 6) is 0.741. The predicted molar refractivity (Wildman–Crippen MR) is 62.1 cm³/mol. The van der Waals surface area contributed by atoms with Crippen molar-refractivity contribution in [2.24, 2.45) is 0 Å². The molecule has 2 nitrogen and oxygen atoms in total. The molecule has 0 aliphatic rings. The lowest BCUT2D eigenvalue weighted by atomic mass is 10.3. The van der Waals surface area contributed by atoms with Crippen LogP contribution in [0, 0.1) is 0 Å². The smallest absolute Gasteiger partial charge is 0.130 e. The summed E-state index contributed by atoms with van der Waals surface area (Å²) in [6.07, 6.45) is 1.67. The SMILES string of the molecule is CC(CO)SCc1cnc(Cl)cc1Cl. The molecule has 1 heterocycles. The molecule has 0 aliphatic carbocycles. The fraction of sp³-hybridized carbons (Fsp3) is 0.444. The third-order valence-electron chi connectivity index (χ3n) is 1.68. The van der Waals surface area contributed by atoms with Crippen molar-refractivity contribution < 1.29 is 5.11 Å². The summed E-state index contributed by atoms with van der Waals surface area (Å²) >= 11 is 13.3. The molecule has 5 heteroatoms. The molecule has 0 amide bonds. The third-order valence-corrected chi connectivity index (χ3v) is 3.43. The van der Waals surface area contributed by atoms with Crippen LogP contribution in [0.5, 0.6) is 0 Å². The van der Waals surface area contributed by atoms with E-state index >= 15 is 0 Å². The molecule has 0 radical (unpaired) electrons. The van der Waals surface area contributed by atoms with Crippen LogP contribution < -0.4 is 0 Å². The van der Waals surface area contributed by atoms with E-state index in [2.05, 4.69) is 4.98 Å². The number of aromatic nitrogens is 1. The van der Waals surface area contributed by atoms with Gasteiger partial charge in [0.2, 0.25) is 0 Å². The highest BCUT2D eigenvalue weighted by atomic mass is 35.5. The first-order valence-corrected chi connectivity index (χ1v) is 5.96. The van der Waals surface area contributed by atoms with Crippen LogP contribution in [0.25, 0.3) is 0 Å². The van der Waals surface area contributed by atoms with E-state index in [-0.39, 0.29) is 11.9 Å². The van der Waals surface area contributed by atoms with Gasteiger partial charge in [0.25, 0.3) is 0 Å². The van der Waals surface area contributed by atoms with Crippen molar-refractivity contribution in [3.05, 3.63) is 28.0 Å². The van der Waals surface area contributed by atoms with Gasteiger partial charge in [-0.15, -0.1) is 0 Å². The molecule has 1 aromatic heterocycles. The highest BCUT2D eigenvalue weighted by Gasteiger charge is 2.05. The van der Waals surface area contributed by atoms with Crippen molar-refractivity contribution in [3.63, 3.8) is 0 Å². The van der Waals surface area contributed by atoms with Gasteiger partial charge in [-0.1, -0.05) is 30.1 Å². The fourth-order valence-electron chi connectivity index (χ4n) is 0.827. The Kier molecular flexibility index (Phi) is 5.02. The van der Waals surface area contributed by atoms with Crippen LogP contribution in [0.2, 0.25) is 10.2 Å². The number of rotatable bonds is 4. The molecule has 0 fully saturated rings. The van der Waals surface area contributed by atoms with Crippen LogP contribution in [-0.4, -0.2) is 21.9 Å². The van der Waals surface area contributed by atoms with Gasteiger partial charge in [0.15, 0.2) is 0 Å². The second kappa shape index (κ2) is 5.81. The lowest BCUT2D eigenvalue weighted by Crippen LogP contribution is -2.02. The highest BCUT2D eigenvalue weighted by Crippen LogP contribution is 2.24. The number of halogens is 2. The number of pyridine rings is 1. The summed E-state index contributed by atoms with van der Waals surface area (Å²) < 4.78 is 0. The van der Waals surface area contributed by atoms with E-state index in [1.165, 1.54) is 0 Å². The maximum atomic E-state index is 8.84. The molecule has 1 unspecified atom stereocenters. The van der Waals surface area contributed by atoms with E-state index in [9.17, 15) is 0 Å². The topological polar surface area (TPSA) is 33.1 Å². The molecule has 1 atom stereocenters. The van der Waals surface area contributed by atoms with Gasteiger partial charge in [-0.05, 0) is 11.6 Å². The van der Waals surface area contributed by atoms with Gasteiger partial charge >= 0.3 is 0 Å². The van der Waals surface area contributed by atoms with Crippen molar-refractivity contribution in [1.82, 2.24) is 4.98 Å². The maximum absolute atomic E-state index is 8.84. The van der Waals surface area contributed by atoms with Crippen LogP contribution in [0.3, 0.4) is 0 Å². The molecular weight excluding hydrogens is 241 g/mol. The fourth-order valence-corrected chi connectivity index (χ4v) is 2.14. The van der Waals surface area contributed by atoms with Gasteiger partial charge in [-0.25, -0.2) is 4.98 Å². The maximum Gasteiger partial charge on any atom is 0.130 e. The Morgan fingerprint density at radius 3 is 2.86 bits per heavy atom. The summed E-state index contributed by atoms with van der Waals surface area (Å²) in [5, 5.41) is 10.1. The number of hydrogen-bond donors (Lipinski definition) is 1. The Morgan fingerprint density at radius 2 is 2.29 bits per heavy atom. The van der Waals surface area contributed by atoms with Crippen molar-refractivity contribution in [1.29, 1.82) is 0 Å². The Morgan fingerprint density at radius 1 is 1.57 bits per heavy atom. The van der Waals surface area contributed by atoms with Crippen LogP contribution in [0.15, 0.2) is 12.3 Å². The third kappa shape index (κ3) is 3.65. The van der Waals surface area contributed by atoms with E-state index in [4.69, 9.17) is 28.3 Å². The molecule has 0 saturated heterocycles. The average molecular weight is 252 g/mol. The minimum absolute atomic E-state index is 0.170. The second-order valence-corrected chi connectivity index (χ2v) is 5.12. The minimum Gasteiger partial charge on any atom is -0.395 e. The van der Waals surface area contributed by atoms with Gasteiger partial charge < -0.3 is 5.11 Å². The quantitative estimate of drug-likeness (QED) is 0.836.